The van der Waals surface area contributed by atoms with E-state index in [4.69, 9.17) is 9.47 Å². The van der Waals surface area contributed by atoms with Gasteiger partial charge in [0, 0.05) is 39.0 Å². The van der Waals surface area contributed by atoms with Gasteiger partial charge in [-0.3, -0.25) is 4.99 Å². The van der Waals surface area contributed by atoms with E-state index in [0.717, 1.165) is 56.2 Å². The second-order valence-corrected chi connectivity index (χ2v) is 7.21. The van der Waals surface area contributed by atoms with Crippen molar-refractivity contribution < 1.29 is 9.47 Å². The average Bonchev–Trinajstić information content (AvgIpc) is 3.28. The van der Waals surface area contributed by atoms with Crippen molar-refractivity contribution in [2.45, 2.75) is 63.7 Å². The Morgan fingerprint density at radius 3 is 2.85 bits per heavy atom. The van der Waals surface area contributed by atoms with Crippen LogP contribution in [-0.4, -0.2) is 42.8 Å². The molecule has 1 aromatic heterocycles. The van der Waals surface area contributed by atoms with Gasteiger partial charge in [-0.2, -0.15) is 0 Å². The molecule has 1 aliphatic carbocycles. The summed E-state index contributed by atoms with van der Waals surface area (Å²) in [6.45, 7) is 4.45. The monoisotopic (exact) mass is 474 g/mol. The van der Waals surface area contributed by atoms with Crippen LogP contribution in [0.15, 0.2) is 23.3 Å². The van der Waals surface area contributed by atoms with Crippen molar-refractivity contribution in [3.8, 4) is 5.88 Å². The number of aromatic nitrogens is 1. The summed E-state index contributed by atoms with van der Waals surface area (Å²) in [6, 6.07) is 4.02. The third-order valence-electron chi connectivity index (χ3n) is 5.00. The summed E-state index contributed by atoms with van der Waals surface area (Å²) in [7, 11) is 1.79. The van der Waals surface area contributed by atoms with E-state index in [2.05, 4.69) is 27.5 Å². The molecule has 7 heteroatoms. The van der Waals surface area contributed by atoms with E-state index >= 15 is 0 Å². The van der Waals surface area contributed by atoms with E-state index in [9.17, 15) is 0 Å². The molecule has 1 aromatic rings. The topological polar surface area (TPSA) is 67.8 Å². The normalized spacial score (nSPS) is 23.5. The predicted molar refractivity (Wildman–Crippen MR) is 114 cm³/mol. The molecule has 1 aliphatic heterocycles. The summed E-state index contributed by atoms with van der Waals surface area (Å²) in [5.74, 6) is 1.51. The minimum atomic E-state index is -0.0867. The molecule has 2 aliphatic rings. The lowest BCUT2D eigenvalue weighted by Gasteiger charge is -2.24. The quantitative estimate of drug-likeness (QED) is 0.377. The molecular formula is C19H31IN4O2. The van der Waals surface area contributed by atoms with Gasteiger partial charge < -0.3 is 20.1 Å². The van der Waals surface area contributed by atoms with E-state index < -0.39 is 0 Å². The van der Waals surface area contributed by atoms with Crippen LogP contribution < -0.4 is 15.4 Å². The highest BCUT2D eigenvalue weighted by Crippen LogP contribution is 2.24. The van der Waals surface area contributed by atoms with E-state index in [1.165, 1.54) is 12.8 Å². The van der Waals surface area contributed by atoms with Crippen molar-refractivity contribution >= 4 is 29.9 Å². The Balaban J connectivity index is 0.00000243. The van der Waals surface area contributed by atoms with E-state index in [1.807, 2.05) is 18.3 Å². The highest BCUT2D eigenvalue weighted by atomic mass is 127. The Hall–Kier alpha value is -1.09. The first-order chi connectivity index (χ1) is 12.2. The molecule has 146 valence electrons. The van der Waals surface area contributed by atoms with Gasteiger partial charge in [0.2, 0.25) is 5.88 Å². The van der Waals surface area contributed by atoms with Crippen LogP contribution in [0.1, 0.15) is 51.0 Å². The highest BCUT2D eigenvalue weighted by molar-refractivity contribution is 14.0. The van der Waals surface area contributed by atoms with Gasteiger partial charge in [-0.1, -0.05) is 0 Å². The fourth-order valence-corrected chi connectivity index (χ4v) is 3.46. The molecule has 26 heavy (non-hydrogen) atoms. The van der Waals surface area contributed by atoms with Gasteiger partial charge in [-0.25, -0.2) is 4.98 Å². The Kier molecular flexibility index (Phi) is 8.40. The van der Waals surface area contributed by atoms with Gasteiger partial charge in [-0.15, -0.1) is 24.0 Å². The lowest BCUT2D eigenvalue weighted by atomic mass is 10.0. The molecule has 0 bridgehead atoms. The smallest absolute Gasteiger partial charge is 0.213 e. The maximum absolute atomic E-state index is 5.98. The number of hydrogen-bond donors (Lipinski definition) is 2. The molecule has 6 nitrogen and oxygen atoms in total. The van der Waals surface area contributed by atoms with Crippen LogP contribution in [-0.2, 0) is 11.3 Å². The lowest BCUT2D eigenvalue weighted by Crippen LogP contribution is -2.45. The van der Waals surface area contributed by atoms with E-state index in [-0.39, 0.29) is 29.6 Å². The largest absolute Gasteiger partial charge is 0.474 e. The summed E-state index contributed by atoms with van der Waals surface area (Å²) in [5.41, 5.74) is 1.05. The molecule has 2 fully saturated rings. The van der Waals surface area contributed by atoms with E-state index in [1.54, 1.807) is 7.05 Å². The minimum Gasteiger partial charge on any atom is -0.474 e. The summed E-state index contributed by atoms with van der Waals surface area (Å²) < 4.78 is 11.8. The summed E-state index contributed by atoms with van der Waals surface area (Å²) in [5, 5.41) is 6.71. The lowest BCUT2D eigenvalue weighted by molar-refractivity contribution is 0.0243. The van der Waals surface area contributed by atoms with Gasteiger partial charge in [-0.05, 0) is 57.1 Å². The second kappa shape index (κ2) is 10.3. The van der Waals surface area contributed by atoms with Crippen LogP contribution in [0.4, 0.5) is 0 Å². The molecule has 1 saturated carbocycles. The number of aliphatic imine (C=N–C) groups is 1. The van der Waals surface area contributed by atoms with Crippen LogP contribution in [0.25, 0.3) is 0 Å². The van der Waals surface area contributed by atoms with Crippen LogP contribution in [0, 0.1) is 0 Å². The Morgan fingerprint density at radius 2 is 2.15 bits per heavy atom. The van der Waals surface area contributed by atoms with Gasteiger partial charge in [0.25, 0.3) is 0 Å². The first kappa shape index (κ1) is 21.2. The fraction of sp³-hybridized carbons (Fsp3) is 0.684. The zero-order chi connectivity index (χ0) is 17.5. The molecule has 0 spiro atoms. The van der Waals surface area contributed by atoms with Crippen molar-refractivity contribution in [3.63, 3.8) is 0 Å². The van der Waals surface area contributed by atoms with Gasteiger partial charge in [0.15, 0.2) is 5.96 Å². The van der Waals surface area contributed by atoms with Crippen molar-refractivity contribution in [2.24, 2.45) is 4.99 Å². The fourth-order valence-electron chi connectivity index (χ4n) is 3.46. The number of guanidine groups is 1. The second-order valence-electron chi connectivity index (χ2n) is 7.21. The van der Waals surface area contributed by atoms with Crippen LogP contribution >= 0.6 is 24.0 Å². The van der Waals surface area contributed by atoms with Crippen molar-refractivity contribution in [2.75, 3.05) is 20.2 Å². The maximum Gasteiger partial charge on any atom is 0.213 e. The number of ether oxygens (including phenoxy) is 2. The number of pyridine rings is 1. The van der Waals surface area contributed by atoms with E-state index in [0.29, 0.717) is 12.6 Å². The average molecular weight is 474 g/mol. The third kappa shape index (κ3) is 6.26. The zero-order valence-electron chi connectivity index (χ0n) is 15.8. The molecule has 0 amide bonds. The number of nitrogens with one attached hydrogen (secondary N) is 2. The Bertz CT molecular complexity index is 585. The molecule has 0 radical (unpaired) electrons. The molecule has 1 saturated heterocycles. The van der Waals surface area contributed by atoms with Crippen molar-refractivity contribution in [1.29, 1.82) is 0 Å². The molecule has 2 heterocycles. The highest BCUT2D eigenvalue weighted by Gasteiger charge is 2.29. The minimum absolute atomic E-state index is 0. The molecule has 3 rings (SSSR count). The first-order valence-electron chi connectivity index (χ1n) is 9.37. The van der Waals surface area contributed by atoms with Crippen LogP contribution in [0.2, 0.25) is 0 Å². The summed E-state index contributed by atoms with van der Waals surface area (Å²) in [6.07, 6.45) is 9.16. The van der Waals surface area contributed by atoms with Crippen LogP contribution in [0.5, 0.6) is 5.88 Å². The summed E-state index contributed by atoms with van der Waals surface area (Å²) >= 11 is 0. The van der Waals surface area contributed by atoms with Gasteiger partial charge in [0.05, 0.1) is 5.60 Å². The summed E-state index contributed by atoms with van der Waals surface area (Å²) in [4.78, 5) is 8.63. The zero-order valence-corrected chi connectivity index (χ0v) is 18.1. The molecular weight excluding hydrogens is 443 g/mol. The molecule has 1 atom stereocenters. The van der Waals surface area contributed by atoms with Crippen LogP contribution in [0.3, 0.4) is 0 Å². The molecule has 0 aromatic carbocycles. The number of hydrogen-bond acceptors (Lipinski definition) is 4. The van der Waals surface area contributed by atoms with Crippen molar-refractivity contribution in [1.82, 2.24) is 15.6 Å². The standard InChI is InChI=1S/C19H30N4O2.HI/c1-19(9-5-11-24-19)14-23-18(20-2)22-13-15-8-10-21-17(12-15)25-16-6-3-4-7-16;/h8,10,12,16H,3-7,9,11,13-14H2,1-2H3,(H2,20,22,23);1H. The first-order valence-corrected chi connectivity index (χ1v) is 9.37. The Morgan fingerprint density at radius 1 is 1.35 bits per heavy atom. The van der Waals surface area contributed by atoms with Crippen molar-refractivity contribution in [3.05, 3.63) is 23.9 Å². The van der Waals surface area contributed by atoms with Gasteiger partial charge in [0.1, 0.15) is 6.10 Å². The van der Waals surface area contributed by atoms with Gasteiger partial charge >= 0.3 is 0 Å². The SMILES string of the molecule is CN=C(NCc1ccnc(OC2CCCC2)c1)NCC1(C)CCCO1.I. The third-order valence-corrected chi connectivity index (χ3v) is 5.00. The number of nitrogens with zero attached hydrogens (tertiary/aromatic N) is 2. The Labute approximate surface area is 173 Å². The number of rotatable bonds is 6. The maximum atomic E-state index is 5.98. The predicted octanol–water partition coefficient (Wildman–Crippen LogP) is 3.26. The molecule has 1 unspecified atom stereocenters. The number of halogens is 1. The molecule has 2 N–H and O–H groups in total.